The van der Waals surface area contributed by atoms with E-state index in [1.165, 1.54) is 24.8 Å². The molecule has 1 aromatic carbocycles. The molecule has 0 aliphatic rings. The van der Waals surface area contributed by atoms with Gasteiger partial charge in [-0.3, -0.25) is 23.8 Å². The minimum Gasteiger partial charge on any atom is -0.326 e. The van der Waals surface area contributed by atoms with Gasteiger partial charge in [-0.25, -0.2) is 0 Å². The molecule has 28 heavy (non-hydrogen) atoms. The number of anilines is 2. The predicted molar refractivity (Wildman–Crippen MR) is 108 cm³/mol. The number of nitrogens with zero attached hydrogens (tertiary/aromatic N) is 3. The largest absolute Gasteiger partial charge is 0.326 e. The highest BCUT2D eigenvalue weighted by atomic mass is 32.2. The maximum Gasteiger partial charge on any atom is 0.252 e. The molecule has 3 rings (SSSR count). The van der Waals surface area contributed by atoms with E-state index in [0.29, 0.717) is 22.3 Å². The van der Waals surface area contributed by atoms with Crippen molar-refractivity contribution in [3.63, 3.8) is 0 Å². The monoisotopic (exact) mass is 400 g/mol. The zero-order valence-corrected chi connectivity index (χ0v) is 16.5. The van der Waals surface area contributed by atoms with Crippen molar-refractivity contribution < 1.29 is 9.59 Å². The molecular weight excluding hydrogens is 380 g/mol. The summed E-state index contributed by atoms with van der Waals surface area (Å²) >= 11 is 1.22. The molecule has 0 spiro atoms. The molecule has 2 amide bonds. The molecule has 146 valence electrons. The van der Waals surface area contributed by atoms with Crippen LogP contribution < -0.4 is 16.2 Å². The summed E-state index contributed by atoms with van der Waals surface area (Å²) in [5.74, 6) is 0.142. The number of fused-ring (bicyclic) bond motifs is 1. The van der Waals surface area contributed by atoms with Gasteiger partial charge in [-0.05, 0) is 24.1 Å². The molecule has 0 unspecified atom stereocenters. The predicted octanol–water partition coefficient (Wildman–Crippen LogP) is 2.23. The van der Waals surface area contributed by atoms with Crippen LogP contribution in [0.4, 0.5) is 11.4 Å². The Balaban J connectivity index is 1.72. The summed E-state index contributed by atoms with van der Waals surface area (Å²) in [5.41, 5.74) is 1.72. The number of hydrogen-bond acceptors (Lipinski definition) is 6. The van der Waals surface area contributed by atoms with Crippen LogP contribution in [0.15, 0.2) is 40.3 Å². The summed E-state index contributed by atoms with van der Waals surface area (Å²) in [6.07, 6.45) is 0. The highest BCUT2D eigenvalue weighted by molar-refractivity contribution is 7.99. The van der Waals surface area contributed by atoms with E-state index in [9.17, 15) is 14.4 Å². The smallest absolute Gasteiger partial charge is 0.252 e. The number of hydrogen-bond donors (Lipinski definition) is 3. The first-order valence-corrected chi connectivity index (χ1v) is 9.60. The molecule has 0 bridgehead atoms. The standard InChI is InChI=1S/C18H20N6O3S/c1-10(2)14-8-15(26)21-17-22-23-18(24(14)17)28-9-16(27)20-13-6-4-5-12(7-13)19-11(3)25/h4-8,10H,9H2,1-3H3,(H,19,25)(H,20,27)(H,21,22,26). The van der Waals surface area contributed by atoms with Crippen molar-refractivity contribution in [3.8, 4) is 0 Å². The lowest BCUT2D eigenvalue weighted by molar-refractivity contribution is -0.114. The zero-order valence-electron chi connectivity index (χ0n) is 15.6. The van der Waals surface area contributed by atoms with Gasteiger partial charge in [0.25, 0.3) is 5.56 Å². The van der Waals surface area contributed by atoms with Gasteiger partial charge in [0.15, 0.2) is 5.16 Å². The molecule has 3 N–H and O–H groups in total. The minimum atomic E-state index is -0.239. The van der Waals surface area contributed by atoms with Crippen molar-refractivity contribution in [2.24, 2.45) is 0 Å². The molecule has 3 aromatic rings. The van der Waals surface area contributed by atoms with Gasteiger partial charge in [-0.2, -0.15) is 0 Å². The number of carbonyl (C=O) groups excluding carboxylic acids is 2. The lowest BCUT2D eigenvalue weighted by Gasteiger charge is -2.10. The van der Waals surface area contributed by atoms with Crippen LogP contribution in [-0.4, -0.2) is 37.1 Å². The SMILES string of the molecule is CC(=O)Nc1cccc(NC(=O)CSc2nnc3[nH]c(=O)cc(C(C)C)n23)c1. The van der Waals surface area contributed by atoms with Crippen LogP contribution in [0.2, 0.25) is 0 Å². The number of aromatic amines is 1. The first-order chi connectivity index (χ1) is 13.3. The Kier molecular flexibility index (Phi) is 5.78. The molecule has 2 aromatic heterocycles. The third-order valence-corrected chi connectivity index (χ3v) is 4.73. The van der Waals surface area contributed by atoms with E-state index in [2.05, 4.69) is 25.8 Å². The Morgan fingerprint density at radius 3 is 2.57 bits per heavy atom. The number of aromatic nitrogens is 4. The van der Waals surface area contributed by atoms with E-state index in [0.717, 1.165) is 5.69 Å². The highest BCUT2D eigenvalue weighted by Crippen LogP contribution is 2.22. The Labute approximate surface area is 164 Å². The van der Waals surface area contributed by atoms with Crippen molar-refractivity contribution in [1.29, 1.82) is 0 Å². The molecule has 0 aliphatic heterocycles. The second-order valence-electron chi connectivity index (χ2n) is 6.45. The number of H-pyrrole nitrogens is 1. The van der Waals surface area contributed by atoms with E-state index in [4.69, 9.17) is 0 Å². The van der Waals surface area contributed by atoms with Crippen molar-refractivity contribution in [2.45, 2.75) is 31.8 Å². The average Bonchev–Trinajstić information content (AvgIpc) is 3.01. The van der Waals surface area contributed by atoms with Crippen LogP contribution in [0.1, 0.15) is 32.4 Å². The normalized spacial score (nSPS) is 11.0. The minimum absolute atomic E-state index is 0.0884. The maximum absolute atomic E-state index is 12.3. The molecule has 10 heteroatoms. The highest BCUT2D eigenvalue weighted by Gasteiger charge is 2.15. The molecule has 0 aliphatic carbocycles. The lowest BCUT2D eigenvalue weighted by atomic mass is 10.1. The third kappa shape index (κ3) is 4.58. The van der Waals surface area contributed by atoms with Crippen molar-refractivity contribution in [2.75, 3.05) is 16.4 Å². The molecule has 0 atom stereocenters. The van der Waals surface area contributed by atoms with E-state index in [1.807, 2.05) is 13.8 Å². The van der Waals surface area contributed by atoms with Gasteiger partial charge in [-0.1, -0.05) is 31.7 Å². The topological polar surface area (TPSA) is 121 Å². The zero-order chi connectivity index (χ0) is 20.3. The van der Waals surface area contributed by atoms with E-state index in [1.54, 1.807) is 28.7 Å². The fourth-order valence-corrected chi connectivity index (χ4v) is 3.40. The van der Waals surface area contributed by atoms with Crippen LogP contribution in [-0.2, 0) is 9.59 Å². The molecule has 0 radical (unpaired) electrons. The summed E-state index contributed by atoms with van der Waals surface area (Å²) in [6, 6.07) is 8.41. The number of thioether (sulfide) groups is 1. The Bertz CT molecular complexity index is 1090. The van der Waals surface area contributed by atoms with Crippen LogP contribution in [0.3, 0.4) is 0 Å². The van der Waals surface area contributed by atoms with Crippen molar-refractivity contribution >= 4 is 40.7 Å². The number of benzene rings is 1. The fourth-order valence-electron chi connectivity index (χ4n) is 2.65. The summed E-state index contributed by atoms with van der Waals surface area (Å²) in [6.45, 7) is 5.36. The number of amides is 2. The maximum atomic E-state index is 12.3. The molecule has 2 heterocycles. The summed E-state index contributed by atoms with van der Waals surface area (Å²) in [5, 5.41) is 14.1. The van der Waals surface area contributed by atoms with Crippen LogP contribution in [0.25, 0.3) is 5.78 Å². The number of nitrogens with one attached hydrogen (secondary N) is 3. The van der Waals surface area contributed by atoms with Gasteiger partial charge in [0.05, 0.1) is 5.75 Å². The first-order valence-electron chi connectivity index (χ1n) is 8.62. The molecular formula is C18H20N6O3S. The summed E-state index contributed by atoms with van der Waals surface area (Å²) in [4.78, 5) is 37.8. The van der Waals surface area contributed by atoms with Gasteiger partial charge in [0.1, 0.15) is 0 Å². The Morgan fingerprint density at radius 1 is 1.18 bits per heavy atom. The lowest BCUT2D eigenvalue weighted by Crippen LogP contribution is -2.16. The molecule has 9 nitrogen and oxygen atoms in total. The second kappa shape index (κ2) is 8.26. The number of rotatable bonds is 6. The van der Waals surface area contributed by atoms with Crippen molar-refractivity contribution in [3.05, 3.63) is 46.4 Å². The van der Waals surface area contributed by atoms with Crippen LogP contribution in [0, 0.1) is 0 Å². The fraction of sp³-hybridized carbons (Fsp3) is 0.278. The molecule has 0 saturated carbocycles. The Morgan fingerprint density at radius 2 is 1.89 bits per heavy atom. The van der Waals surface area contributed by atoms with Crippen LogP contribution >= 0.6 is 11.8 Å². The Hall–Kier alpha value is -3.14. The number of carbonyl (C=O) groups is 2. The van der Waals surface area contributed by atoms with Crippen molar-refractivity contribution in [1.82, 2.24) is 19.6 Å². The second-order valence-corrected chi connectivity index (χ2v) is 7.40. The summed E-state index contributed by atoms with van der Waals surface area (Å²) < 4.78 is 1.75. The third-order valence-electron chi connectivity index (χ3n) is 3.80. The van der Waals surface area contributed by atoms with Crippen LogP contribution in [0.5, 0.6) is 0 Å². The van der Waals surface area contributed by atoms with Gasteiger partial charge in [0, 0.05) is 30.1 Å². The van der Waals surface area contributed by atoms with Gasteiger partial charge < -0.3 is 10.6 Å². The van der Waals surface area contributed by atoms with Gasteiger partial charge >= 0.3 is 0 Å². The first kappa shape index (κ1) is 19.6. The van der Waals surface area contributed by atoms with E-state index in [-0.39, 0.29) is 29.0 Å². The quantitative estimate of drug-likeness (QED) is 0.546. The molecule has 0 fully saturated rings. The van der Waals surface area contributed by atoms with E-state index < -0.39 is 0 Å². The van der Waals surface area contributed by atoms with E-state index >= 15 is 0 Å². The van der Waals surface area contributed by atoms with Gasteiger partial charge in [-0.15, -0.1) is 10.2 Å². The molecule has 0 saturated heterocycles. The summed E-state index contributed by atoms with van der Waals surface area (Å²) in [7, 11) is 0. The average molecular weight is 400 g/mol. The van der Waals surface area contributed by atoms with Gasteiger partial charge in [0.2, 0.25) is 17.6 Å².